The van der Waals surface area contributed by atoms with Gasteiger partial charge in [-0.3, -0.25) is 9.59 Å². The minimum Gasteiger partial charge on any atom is -0.492 e. The molecule has 0 unspecified atom stereocenters. The molecule has 0 fully saturated rings. The van der Waals surface area contributed by atoms with Gasteiger partial charge in [-0.15, -0.1) is 0 Å². The highest BCUT2D eigenvalue weighted by molar-refractivity contribution is 5.98. The zero-order valence-electron chi connectivity index (χ0n) is 14.2. The number of ketones is 1. The van der Waals surface area contributed by atoms with E-state index in [1.807, 2.05) is 30.3 Å². The maximum absolute atomic E-state index is 12.0. The molecular weight excluding hydrogens is 324 g/mol. The fraction of sp³-hybridized carbons (Fsp3) is 0.278. The van der Waals surface area contributed by atoms with E-state index in [1.54, 1.807) is 13.2 Å². The van der Waals surface area contributed by atoms with Crippen LogP contribution >= 0.6 is 0 Å². The molecule has 0 saturated carbocycles. The van der Waals surface area contributed by atoms with Crippen molar-refractivity contribution >= 4 is 17.7 Å². The first-order valence-corrected chi connectivity index (χ1v) is 7.76. The third-order valence-corrected chi connectivity index (χ3v) is 3.39. The van der Waals surface area contributed by atoms with Gasteiger partial charge in [0.2, 0.25) is 0 Å². The van der Waals surface area contributed by atoms with Gasteiger partial charge in [-0.05, 0) is 25.1 Å². The number of ether oxygens (including phenoxy) is 2. The number of para-hydroxylation sites is 1. The van der Waals surface area contributed by atoms with Crippen LogP contribution in [0.2, 0.25) is 0 Å². The summed E-state index contributed by atoms with van der Waals surface area (Å²) in [5.74, 6) is -0.518. The molecular formula is C18H20N2O5. The molecule has 0 aliphatic heterocycles. The number of carbonyl (C=O) groups excluding carboxylic acids is 3. The van der Waals surface area contributed by atoms with Gasteiger partial charge in [0.15, 0.2) is 12.4 Å². The molecule has 25 heavy (non-hydrogen) atoms. The van der Waals surface area contributed by atoms with Crippen molar-refractivity contribution in [3.63, 3.8) is 0 Å². The second-order valence-electron chi connectivity index (χ2n) is 5.37. The second kappa shape index (κ2) is 8.68. The number of aromatic nitrogens is 1. The lowest BCUT2D eigenvalue weighted by molar-refractivity contribution is -0.124. The van der Waals surface area contributed by atoms with Crippen LogP contribution in [0.25, 0.3) is 0 Å². The Bertz CT molecular complexity index is 752. The summed E-state index contributed by atoms with van der Waals surface area (Å²) in [6, 6.07) is 10.7. The van der Waals surface area contributed by atoms with E-state index in [-0.39, 0.29) is 11.5 Å². The smallest absolute Gasteiger partial charge is 0.355 e. The zero-order valence-corrected chi connectivity index (χ0v) is 14.2. The van der Waals surface area contributed by atoms with E-state index in [0.29, 0.717) is 24.5 Å². The maximum Gasteiger partial charge on any atom is 0.355 e. The second-order valence-corrected chi connectivity index (χ2v) is 5.37. The van der Waals surface area contributed by atoms with E-state index < -0.39 is 18.5 Å². The molecule has 1 aromatic heterocycles. The summed E-state index contributed by atoms with van der Waals surface area (Å²) in [6.07, 6.45) is 1.54. The quantitative estimate of drug-likeness (QED) is 0.446. The molecule has 0 radical (unpaired) electrons. The van der Waals surface area contributed by atoms with E-state index in [4.69, 9.17) is 9.47 Å². The van der Waals surface area contributed by atoms with Crippen molar-refractivity contribution in [3.05, 3.63) is 53.9 Å². The highest BCUT2D eigenvalue weighted by atomic mass is 16.5. The normalized spacial score (nSPS) is 10.2. The van der Waals surface area contributed by atoms with E-state index in [0.717, 1.165) is 0 Å². The molecule has 1 aromatic carbocycles. The number of amides is 1. The number of aryl methyl sites for hydroxylation is 1. The van der Waals surface area contributed by atoms with Gasteiger partial charge >= 0.3 is 5.97 Å². The first kappa shape index (κ1) is 18.3. The molecule has 0 bridgehead atoms. The highest BCUT2D eigenvalue weighted by Crippen LogP contribution is 2.09. The van der Waals surface area contributed by atoms with E-state index >= 15 is 0 Å². The van der Waals surface area contributed by atoms with Crippen LogP contribution in [0.5, 0.6) is 5.75 Å². The third-order valence-electron chi connectivity index (χ3n) is 3.39. The largest absolute Gasteiger partial charge is 0.492 e. The predicted octanol–water partition coefficient (Wildman–Crippen LogP) is 1.58. The van der Waals surface area contributed by atoms with Crippen molar-refractivity contribution in [1.29, 1.82) is 0 Å². The van der Waals surface area contributed by atoms with Crippen molar-refractivity contribution in [2.45, 2.75) is 6.92 Å². The fourth-order valence-electron chi connectivity index (χ4n) is 2.09. The Morgan fingerprint density at radius 1 is 1.16 bits per heavy atom. The first-order valence-electron chi connectivity index (χ1n) is 7.76. The molecule has 132 valence electrons. The van der Waals surface area contributed by atoms with E-state index in [2.05, 4.69) is 5.32 Å². The predicted molar refractivity (Wildman–Crippen MR) is 90.6 cm³/mol. The summed E-state index contributed by atoms with van der Waals surface area (Å²) in [4.78, 5) is 35.0. The number of nitrogens with one attached hydrogen (secondary N) is 1. The molecule has 7 heteroatoms. The number of hydrogen-bond acceptors (Lipinski definition) is 5. The van der Waals surface area contributed by atoms with Crippen molar-refractivity contribution in [2.75, 3.05) is 19.8 Å². The molecule has 0 aliphatic rings. The molecule has 0 saturated heterocycles. The molecule has 2 aromatic rings. The van der Waals surface area contributed by atoms with Crippen LogP contribution in [0.15, 0.2) is 42.6 Å². The average Bonchev–Trinajstić information content (AvgIpc) is 3.00. The van der Waals surface area contributed by atoms with Crippen LogP contribution in [-0.4, -0.2) is 42.0 Å². The summed E-state index contributed by atoms with van der Waals surface area (Å²) in [5, 5.41) is 2.60. The Kier molecular flexibility index (Phi) is 6.33. The van der Waals surface area contributed by atoms with Crippen molar-refractivity contribution in [3.8, 4) is 5.75 Å². The highest BCUT2D eigenvalue weighted by Gasteiger charge is 2.16. The number of hydrogen-bond donors (Lipinski definition) is 1. The molecule has 0 spiro atoms. The number of rotatable bonds is 8. The Balaban J connectivity index is 1.70. The lowest BCUT2D eigenvalue weighted by Gasteiger charge is -2.08. The third kappa shape index (κ3) is 5.49. The van der Waals surface area contributed by atoms with Crippen LogP contribution in [-0.2, 0) is 16.6 Å². The minimum absolute atomic E-state index is 0.147. The van der Waals surface area contributed by atoms with Crippen molar-refractivity contribution in [2.24, 2.45) is 7.05 Å². The van der Waals surface area contributed by atoms with Crippen LogP contribution in [0.3, 0.4) is 0 Å². The molecule has 0 aliphatic carbocycles. The maximum atomic E-state index is 12.0. The van der Waals surface area contributed by atoms with Crippen LogP contribution in [0, 0.1) is 0 Å². The van der Waals surface area contributed by atoms with E-state index in [1.165, 1.54) is 17.6 Å². The van der Waals surface area contributed by atoms with Gasteiger partial charge in [0.1, 0.15) is 18.1 Å². The van der Waals surface area contributed by atoms with Crippen molar-refractivity contribution < 1.29 is 23.9 Å². The molecule has 1 amide bonds. The summed E-state index contributed by atoms with van der Waals surface area (Å²) in [7, 11) is 1.63. The van der Waals surface area contributed by atoms with Crippen LogP contribution in [0.4, 0.5) is 0 Å². The van der Waals surface area contributed by atoms with Crippen LogP contribution in [0.1, 0.15) is 27.8 Å². The summed E-state index contributed by atoms with van der Waals surface area (Å²) < 4.78 is 11.9. The van der Waals surface area contributed by atoms with Gasteiger partial charge in [0.25, 0.3) is 5.91 Å². The average molecular weight is 344 g/mol. The standard InChI is InChI=1S/C18H20N2O5/c1-13(21)14-10-16(20(2)11-14)18(23)25-12-17(22)19-8-9-24-15-6-4-3-5-7-15/h3-7,10-11H,8-9,12H2,1-2H3,(H,19,22). The minimum atomic E-state index is -0.661. The first-order chi connectivity index (χ1) is 12.0. The molecule has 1 heterocycles. The summed E-state index contributed by atoms with van der Waals surface area (Å²) >= 11 is 0. The zero-order chi connectivity index (χ0) is 18.2. The molecule has 0 atom stereocenters. The van der Waals surface area contributed by atoms with E-state index in [9.17, 15) is 14.4 Å². The van der Waals surface area contributed by atoms with Gasteiger partial charge in [-0.2, -0.15) is 0 Å². The number of esters is 1. The molecule has 2 rings (SSSR count). The van der Waals surface area contributed by atoms with Gasteiger partial charge in [-0.1, -0.05) is 18.2 Å². The number of nitrogens with zero attached hydrogens (tertiary/aromatic N) is 1. The molecule has 1 N–H and O–H groups in total. The Labute approximate surface area is 145 Å². The Morgan fingerprint density at radius 2 is 1.88 bits per heavy atom. The Morgan fingerprint density at radius 3 is 2.52 bits per heavy atom. The molecule has 7 nitrogen and oxygen atoms in total. The lowest BCUT2D eigenvalue weighted by Crippen LogP contribution is -2.32. The van der Waals surface area contributed by atoms with Crippen LogP contribution < -0.4 is 10.1 Å². The van der Waals surface area contributed by atoms with Gasteiger partial charge in [0, 0.05) is 18.8 Å². The monoisotopic (exact) mass is 344 g/mol. The van der Waals surface area contributed by atoms with Gasteiger partial charge in [0.05, 0.1) is 6.54 Å². The summed E-state index contributed by atoms with van der Waals surface area (Å²) in [6.45, 7) is 1.62. The van der Waals surface area contributed by atoms with Gasteiger partial charge < -0.3 is 19.4 Å². The number of benzene rings is 1. The Hall–Kier alpha value is -3.09. The fourth-order valence-corrected chi connectivity index (χ4v) is 2.09. The van der Waals surface area contributed by atoms with Gasteiger partial charge in [-0.25, -0.2) is 4.79 Å². The number of carbonyl (C=O) groups is 3. The number of Topliss-reactive ketones (excluding diaryl/α,β-unsaturated/α-hetero) is 1. The lowest BCUT2D eigenvalue weighted by atomic mass is 10.2. The SMILES string of the molecule is CC(=O)c1cc(C(=O)OCC(=O)NCCOc2ccccc2)n(C)c1. The summed E-state index contributed by atoms with van der Waals surface area (Å²) in [5.41, 5.74) is 0.627. The topological polar surface area (TPSA) is 86.6 Å². The van der Waals surface area contributed by atoms with Crippen molar-refractivity contribution in [1.82, 2.24) is 9.88 Å².